The van der Waals surface area contributed by atoms with Gasteiger partial charge < -0.3 is 11.5 Å². The van der Waals surface area contributed by atoms with Crippen molar-refractivity contribution in [1.82, 2.24) is 0 Å². The maximum Gasteiger partial charge on any atom is 0.0287 e. The van der Waals surface area contributed by atoms with E-state index in [1.807, 2.05) is 0 Å². The summed E-state index contributed by atoms with van der Waals surface area (Å²) in [6.07, 6.45) is 0. The lowest BCUT2D eigenvalue weighted by Crippen LogP contribution is -3.19. The largest absolute Gasteiger partial charge is 0.324 e. The van der Waals surface area contributed by atoms with E-state index in [0.29, 0.717) is 11.1 Å². The van der Waals surface area contributed by atoms with E-state index in [9.17, 15) is 0 Å². The zero-order chi connectivity index (χ0) is 6.46. The molecule has 2 nitrogen and oxygen atoms in total. The van der Waals surface area contributed by atoms with Crippen LogP contribution in [0.25, 0.3) is 0 Å². The summed E-state index contributed by atoms with van der Waals surface area (Å²) in [5.74, 6) is 5.51. The second-order valence-corrected chi connectivity index (χ2v) is 5.16. The molecule has 0 aromatic rings. The topological polar surface area (TPSA) is 52.0 Å². The highest BCUT2D eigenvalue weighted by molar-refractivity contribution is 5.61. The molecular formula is C8H10N2. The van der Waals surface area contributed by atoms with E-state index in [1.165, 1.54) is 0 Å². The molecule has 0 spiro atoms. The van der Waals surface area contributed by atoms with Gasteiger partial charge in [-0.25, -0.2) is 0 Å². The van der Waals surface area contributed by atoms with Crippen molar-refractivity contribution in [2.75, 3.05) is 0 Å². The van der Waals surface area contributed by atoms with Crippen molar-refractivity contribution in [1.29, 1.82) is 0 Å². The quantitative estimate of drug-likeness (QED) is 0.453. The molecule has 0 atom stereocenters. The Balaban J connectivity index is 1.89. The average Bonchev–Trinajstić information content (AvgIpc) is 1.86. The molecule has 6 aliphatic rings. The summed E-state index contributed by atoms with van der Waals surface area (Å²) in [7, 11) is 0. The van der Waals surface area contributed by atoms with Crippen molar-refractivity contribution in [3.8, 4) is 0 Å². The normalized spacial score (nSPS) is 104. The Labute approximate surface area is 58.9 Å². The average molecular weight is 134 g/mol. The lowest BCUT2D eigenvalue weighted by Gasteiger charge is -3.10. The fraction of sp³-hybridized carbons (Fsp3) is 1.00. The molecule has 6 aliphatic carbocycles. The van der Waals surface area contributed by atoms with E-state index in [0.717, 1.165) is 35.5 Å². The SMILES string of the molecule is NC12C3C4C5C3C1C5(N)C42. The van der Waals surface area contributed by atoms with Crippen LogP contribution >= 0.6 is 0 Å². The summed E-state index contributed by atoms with van der Waals surface area (Å²) in [6.45, 7) is 0. The summed E-state index contributed by atoms with van der Waals surface area (Å²) >= 11 is 0. The van der Waals surface area contributed by atoms with Crippen LogP contribution in [0, 0.1) is 35.5 Å². The minimum absolute atomic E-state index is 0.304. The molecule has 6 rings (SSSR count). The van der Waals surface area contributed by atoms with E-state index in [2.05, 4.69) is 0 Å². The van der Waals surface area contributed by atoms with Crippen LogP contribution < -0.4 is 11.5 Å². The molecular weight excluding hydrogens is 124 g/mol. The summed E-state index contributed by atoms with van der Waals surface area (Å²) in [5.41, 5.74) is 13.0. The molecule has 0 heterocycles. The molecule has 0 bridgehead atoms. The Kier molecular flexibility index (Phi) is 0.255. The van der Waals surface area contributed by atoms with Crippen LogP contribution in [-0.2, 0) is 0 Å². The van der Waals surface area contributed by atoms with Crippen LogP contribution in [0.4, 0.5) is 0 Å². The molecule has 0 unspecified atom stereocenters. The summed E-state index contributed by atoms with van der Waals surface area (Å²) in [5, 5.41) is 0. The van der Waals surface area contributed by atoms with Gasteiger partial charge in [-0.3, -0.25) is 0 Å². The Bertz CT molecular complexity index is 252. The molecule has 52 valence electrons. The molecule has 0 amide bonds. The third-order valence-electron chi connectivity index (χ3n) is 5.74. The fourth-order valence-corrected chi connectivity index (χ4v) is 5.82. The second-order valence-electron chi connectivity index (χ2n) is 5.16. The number of nitrogens with two attached hydrogens (primary N) is 2. The van der Waals surface area contributed by atoms with Gasteiger partial charge in [0, 0.05) is 11.1 Å². The molecule has 0 aromatic heterocycles. The van der Waals surface area contributed by atoms with Crippen molar-refractivity contribution in [3.63, 3.8) is 0 Å². The predicted molar refractivity (Wildman–Crippen MR) is 34.8 cm³/mol. The molecule has 6 saturated carbocycles. The molecule has 2 heteroatoms. The molecule has 0 radical (unpaired) electrons. The van der Waals surface area contributed by atoms with Crippen molar-refractivity contribution >= 4 is 0 Å². The standard InChI is InChI=1S/C8H10N2/c9-7-3-1-4-2(3)6(7)8(4,10)5(1)7/h1-6H,9-10H2. The van der Waals surface area contributed by atoms with E-state index in [-0.39, 0.29) is 0 Å². The van der Waals surface area contributed by atoms with Crippen LogP contribution in [0.3, 0.4) is 0 Å². The van der Waals surface area contributed by atoms with Gasteiger partial charge in [-0.15, -0.1) is 0 Å². The molecule has 0 aromatic carbocycles. The summed E-state index contributed by atoms with van der Waals surface area (Å²) < 4.78 is 0. The van der Waals surface area contributed by atoms with Crippen molar-refractivity contribution in [2.45, 2.75) is 11.1 Å². The van der Waals surface area contributed by atoms with Gasteiger partial charge in [-0.2, -0.15) is 0 Å². The lowest BCUT2D eigenvalue weighted by atomic mass is 8.96. The Morgan fingerprint density at radius 2 is 1.20 bits per heavy atom. The van der Waals surface area contributed by atoms with Crippen LogP contribution in [0.15, 0.2) is 0 Å². The van der Waals surface area contributed by atoms with E-state index in [4.69, 9.17) is 11.5 Å². The first-order chi connectivity index (χ1) is 4.73. The summed E-state index contributed by atoms with van der Waals surface area (Å²) in [6, 6.07) is 0. The maximum atomic E-state index is 6.19. The number of hydrogen-bond acceptors (Lipinski definition) is 2. The lowest BCUT2D eigenvalue weighted by molar-refractivity contribution is -0.578. The second kappa shape index (κ2) is 0.625. The van der Waals surface area contributed by atoms with E-state index < -0.39 is 0 Å². The van der Waals surface area contributed by atoms with Crippen LogP contribution in [0.1, 0.15) is 0 Å². The minimum Gasteiger partial charge on any atom is -0.324 e. The molecule has 6 fully saturated rings. The van der Waals surface area contributed by atoms with Crippen molar-refractivity contribution < 1.29 is 0 Å². The third-order valence-corrected chi connectivity index (χ3v) is 5.74. The van der Waals surface area contributed by atoms with E-state index >= 15 is 0 Å². The molecule has 10 heavy (non-hydrogen) atoms. The van der Waals surface area contributed by atoms with Gasteiger partial charge in [0.2, 0.25) is 0 Å². The van der Waals surface area contributed by atoms with Gasteiger partial charge in [0.25, 0.3) is 0 Å². The number of hydrogen-bond donors (Lipinski definition) is 2. The highest BCUT2D eigenvalue weighted by atomic mass is 15.3. The number of rotatable bonds is 0. The van der Waals surface area contributed by atoms with E-state index in [1.54, 1.807) is 0 Å². The van der Waals surface area contributed by atoms with Crippen molar-refractivity contribution in [2.24, 2.45) is 47.0 Å². The van der Waals surface area contributed by atoms with Crippen LogP contribution in [0.2, 0.25) is 0 Å². The third kappa shape index (κ3) is 0.106. The van der Waals surface area contributed by atoms with Crippen molar-refractivity contribution in [3.05, 3.63) is 0 Å². The first-order valence-electron chi connectivity index (χ1n) is 4.31. The zero-order valence-electron chi connectivity index (χ0n) is 5.62. The first kappa shape index (κ1) is 4.07. The smallest absolute Gasteiger partial charge is 0.0287 e. The fourth-order valence-electron chi connectivity index (χ4n) is 5.82. The maximum absolute atomic E-state index is 6.19. The van der Waals surface area contributed by atoms with Gasteiger partial charge >= 0.3 is 0 Å². The summed E-state index contributed by atoms with van der Waals surface area (Å²) in [4.78, 5) is 0. The van der Waals surface area contributed by atoms with Gasteiger partial charge in [0.15, 0.2) is 0 Å². The Morgan fingerprint density at radius 1 is 0.800 bits per heavy atom. The van der Waals surface area contributed by atoms with Gasteiger partial charge in [0.1, 0.15) is 0 Å². The van der Waals surface area contributed by atoms with Crippen LogP contribution in [0.5, 0.6) is 0 Å². The zero-order valence-corrected chi connectivity index (χ0v) is 5.62. The predicted octanol–water partition coefficient (Wildman–Crippen LogP) is -0.853. The molecule has 0 aliphatic heterocycles. The Hall–Kier alpha value is -0.0800. The van der Waals surface area contributed by atoms with Crippen LogP contribution in [-0.4, -0.2) is 11.1 Å². The highest BCUT2D eigenvalue weighted by Crippen LogP contribution is 3.02. The minimum atomic E-state index is 0.304. The molecule has 0 saturated heterocycles. The Morgan fingerprint density at radius 3 is 1.40 bits per heavy atom. The first-order valence-corrected chi connectivity index (χ1v) is 4.31. The highest BCUT2D eigenvalue weighted by Gasteiger charge is 3.08. The van der Waals surface area contributed by atoms with Gasteiger partial charge in [0.05, 0.1) is 0 Å². The van der Waals surface area contributed by atoms with Gasteiger partial charge in [-0.1, -0.05) is 0 Å². The molecule has 4 N–H and O–H groups in total. The van der Waals surface area contributed by atoms with Gasteiger partial charge in [-0.05, 0) is 35.5 Å². The monoisotopic (exact) mass is 134 g/mol.